The molecule has 0 bridgehead atoms. The average molecular weight is 472 g/mol. The van der Waals surface area contributed by atoms with Gasteiger partial charge in [-0.2, -0.15) is 0 Å². The molecule has 0 saturated heterocycles. The van der Waals surface area contributed by atoms with Crippen molar-refractivity contribution in [2.24, 2.45) is 0 Å². The quantitative estimate of drug-likeness (QED) is 0.238. The number of nitrogens with one attached hydrogen (secondary N) is 2. The summed E-state index contributed by atoms with van der Waals surface area (Å²) in [5.74, 6) is 0.826. The number of hydrogen-bond donors (Lipinski definition) is 2. The molecule has 3 aromatic rings. The van der Waals surface area contributed by atoms with Crippen molar-refractivity contribution in [1.29, 1.82) is 0 Å². The Labute approximate surface area is 209 Å². The van der Waals surface area contributed by atoms with Crippen LogP contribution in [-0.2, 0) is 0 Å². The maximum atomic E-state index is 12.6. The molecule has 1 amide bonds. The Balaban J connectivity index is 1.58. The first kappa shape index (κ1) is 26.0. The lowest BCUT2D eigenvalue weighted by atomic mass is 10.1. The van der Waals surface area contributed by atoms with E-state index in [0.29, 0.717) is 12.1 Å². The summed E-state index contributed by atoms with van der Waals surface area (Å²) in [6.45, 7) is 10.1. The fourth-order valence-electron chi connectivity index (χ4n) is 3.87. The number of nitrogens with zero attached hydrogens (tertiary/aromatic N) is 1. The number of rotatable bonds is 12. The predicted octanol–water partition coefficient (Wildman–Crippen LogP) is 6.38. The first-order valence-corrected chi connectivity index (χ1v) is 12.3. The van der Waals surface area contributed by atoms with Crippen LogP contribution < -0.4 is 15.4 Å². The Morgan fingerprint density at radius 1 is 0.943 bits per heavy atom. The molecular weight excluding hydrogens is 434 g/mol. The molecule has 0 saturated carbocycles. The second kappa shape index (κ2) is 13.4. The molecule has 0 aromatic heterocycles. The number of aryl methyl sites for hydroxylation is 1. The highest BCUT2D eigenvalue weighted by Crippen LogP contribution is 2.23. The van der Waals surface area contributed by atoms with Gasteiger partial charge in [-0.3, -0.25) is 4.79 Å². The smallest absolute Gasteiger partial charge is 0.251 e. The van der Waals surface area contributed by atoms with Crippen molar-refractivity contribution in [2.45, 2.75) is 27.2 Å². The minimum Gasteiger partial charge on any atom is -0.497 e. The Hall–Kier alpha value is -3.57. The Morgan fingerprint density at radius 2 is 1.69 bits per heavy atom. The van der Waals surface area contributed by atoms with Gasteiger partial charge in [-0.15, -0.1) is 0 Å². The highest BCUT2D eigenvalue weighted by atomic mass is 16.5. The highest BCUT2D eigenvalue weighted by Gasteiger charge is 2.08. The normalized spacial score (nSPS) is 11.1. The van der Waals surface area contributed by atoms with E-state index in [4.69, 9.17) is 4.74 Å². The molecule has 3 rings (SSSR count). The van der Waals surface area contributed by atoms with Crippen molar-refractivity contribution in [1.82, 2.24) is 10.2 Å². The average Bonchev–Trinajstić information content (AvgIpc) is 2.89. The summed E-state index contributed by atoms with van der Waals surface area (Å²) in [6, 6.07) is 22.0. The molecule has 5 heteroatoms. The zero-order chi connectivity index (χ0) is 25.0. The number of carbonyl (C=O) groups excluding carboxylic acids is 1. The molecular formula is C30H37N3O2. The summed E-state index contributed by atoms with van der Waals surface area (Å²) < 4.78 is 5.22. The van der Waals surface area contributed by atoms with Crippen molar-refractivity contribution in [3.05, 3.63) is 89.0 Å². The maximum Gasteiger partial charge on any atom is 0.251 e. The van der Waals surface area contributed by atoms with E-state index in [0.717, 1.165) is 59.9 Å². The van der Waals surface area contributed by atoms with Crippen molar-refractivity contribution in [3.63, 3.8) is 0 Å². The molecule has 0 fully saturated rings. The molecule has 0 spiro atoms. The summed E-state index contributed by atoms with van der Waals surface area (Å²) in [6.07, 6.45) is 5.13. The first-order valence-electron chi connectivity index (χ1n) is 12.3. The first-order chi connectivity index (χ1) is 17.0. The van der Waals surface area contributed by atoms with Gasteiger partial charge in [-0.1, -0.05) is 50.3 Å². The van der Waals surface area contributed by atoms with Crippen LogP contribution in [0.5, 0.6) is 5.75 Å². The van der Waals surface area contributed by atoms with Gasteiger partial charge in [-0.25, -0.2) is 0 Å². The summed E-state index contributed by atoms with van der Waals surface area (Å²) >= 11 is 0. The lowest BCUT2D eigenvalue weighted by Crippen LogP contribution is -2.29. The third-order valence-corrected chi connectivity index (χ3v) is 6.07. The second-order valence-corrected chi connectivity index (χ2v) is 8.52. The number of hydrogen-bond acceptors (Lipinski definition) is 4. The molecule has 184 valence electrons. The molecule has 0 unspecified atom stereocenters. The van der Waals surface area contributed by atoms with Gasteiger partial charge >= 0.3 is 0 Å². The van der Waals surface area contributed by atoms with Gasteiger partial charge in [0, 0.05) is 23.5 Å². The molecule has 3 aromatic carbocycles. The largest absolute Gasteiger partial charge is 0.497 e. The van der Waals surface area contributed by atoms with Crippen LogP contribution >= 0.6 is 0 Å². The molecule has 0 aliphatic carbocycles. The van der Waals surface area contributed by atoms with Crippen molar-refractivity contribution < 1.29 is 9.53 Å². The van der Waals surface area contributed by atoms with Gasteiger partial charge in [0.1, 0.15) is 5.75 Å². The zero-order valence-electron chi connectivity index (χ0n) is 21.3. The van der Waals surface area contributed by atoms with Gasteiger partial charge in [0.2, 0.25) is 0 Å². The van der Waals surface area contributed by atoms with Crippen LogP contribution in [0.25, 0.3) is 12.2 Å². The van der Waals surface area contributed by atoms with Crippen molar-refractivity contribution in [2.75, 3.05) is 38.6 Å². The molecule has 2 N–H and O–H groups in total. The Morgan fingerprint density at radius 3 is 2.37 bits per heavy atom. The number of carbonyl (C=O) groups is 1. The predicted molar refractivity (Wildman–Crippen MR) is 148 cm³/mol. The van der Waals surface area contributed by atoms with Crippen LogP contribution in [-0.4, -0.2) is 44.1 Å². The van der Waals surface area contributed by atoms with E-state index in [9.17, 15) is 4.79 Å². The van der Waals surface area contributed by atoms with E-state index in [1.807, 2.05) is 61.5 Å². The van der Waals surface area contributed by atoms with Crippen LogP contribution in [0.3, 0.4) is 0 Å². The molecule has 0 radical (unpaired) electrons. The van der Waals surface area contributed by atoms with Gasteiger partial charge < -0.3 is 20.3 Å². The van der Waals surface area contributed by atoms with E-state index in [-0.39, 0.29) is 5.91 Å². The molecule has 5 nitrogen and oxygen atoms in total. The molecule has 0 aliphatic heterocycles. The minimum absolute atomic E-state index is 0.0233. The van der Waals surface area contributed by atoms with Crippen LogP contribution in [0.2, 0.25) is 0 Å². The second-order valence-electron chi connectivity index (χ2n) is 8.52. The van der Waals surface area contributed by atoms with Gasteiger partial charge in [0.25, 0.3) is 5.91 Å². The molecule has 0 atom stereocenters. The van der Waals surface area contributed by atoms with Crippen LogP contribution in [0.1, 0.15) is 47.3 Å². The van der Waals surface area contributed by atoms with E-state index >= 15 is 0 Å². The van der Waals surface area contributed by atoms with Gasteiger partial charge in [0.15, 0.2) is 0 Å². The highest BCUT2D eigenvalue weighted by molar-refractivity contribution is 5.95. The molecule has 35 heavy (non-hydrogen) atoms. The lowest BCUT2D eigenvalue weighted by molar-refractivity contribution is 0.0951. The Kier molecular flexibility index (Phi) is 9.93. The summed E-state index contributed by atoms with van der Waals surface area (Å²) in [7, 11) is 1.67. The van der Waals surface area contributed by atoms with Crippen LogP contribution in [0.4, 0.5) is 11.4 Å². The van der Waals surface area contributed by atoms with E-state index in [1.165, 1.54) is 0 Å². The molecule has 0 heterocycles. The van der Waals surface area contributed by atoms with E-state index in [1.54, 1.807) is 7.11 Å². The van der Waals surface area contributed by atoms with Crippen molar-refractivity contribution >= 4 is 29.4 Å². The monoisotopic (exact) mass is 471 g/mol. The Bertz CT molecular complexity index is 1120. The van der Waals surface area contributed by atoms with Gasteiger partial charge in [-0.05, 0) is 92.1 Å². The number of ether oxygens (including phenoxy) is 1. The van der Waals surface area contributed by atoms with Gasteiger partial charge in [0.05, 0.1) is 7.11 Å². The molecule has 0 aliphatic rings. The van der Waals surface area contributed by atoms with Crippen LogP contribution in [0, 0.1) is 6.92 Å². The topological polar surface area (TPSA) is 53.6 Å². The summed E-state index contributed by atoms with van der Waals surface area (Å²) in [4.78, 5) is 14.9. The maximum absolute atomic E-state index is 12.6. The third-order valence-electron chi connectivity index (χ3n) is 6.07. The summed E-state index contributed by atoms with van der Waals surface area (Å²) in [5.41, 5.74) is 5.91. The number of amides is 1. The zero-order valence-corrected chi connectivity index (χ0v) is 21.3. The standard InChI is InChI=1S/C30H37N3O2/c1-5-33(6-2)20-8-19-31-30(34)26-15-18-29(23(3)21-26)32-27-10-7-9-25(22-27)12-11-24-13-16-28(35-4)17-14-24/h7,9-18,21-22,32H,5-6,8,19-20H2,1-4H3,(H,31,34)/b12-11+. The SMILES string of the molecule is CCN(CC)CCCNC(=O)c1ccc(Nc2cccc(/C=C/c3ccc(OC)cc3)c2)c(C)c1. The number of benzene rings is 3. The lowest BCUT2D eigenvalue weighted by Gasteiger charge is -2.17. The van der Waals surface area contributed by atoms with Crippen LogP contribution in [0.15, 0.2) is 66.7 Å². The summed E-state index contributed by atoms with van der Waals surface area (Å²) in [5, 5.41) is 6.52. The number of methoxy groups -OCH3 is 1. The van der Waals surface area contributed by atoms with Crippen molar-refractivity contribution in [3.8, 4) is 5.75 Å². The number of anilines is 2. The van der Waals surface area contributed by atoms with E-state index < -0.39 is 0 Å². The fraction of sp³-hybridized carbons (Fsp3) is 0.300. The third kappa shape index (κ3) is 8.01. The minimum atomic E-state index is -0.0233. The van der Waals surface area contributed by atoms with E-state index in [2.05, 4.69) is 53.7 Å². The fourth-order valence-corrected chi connectivity index (χ4v) is 3.87.